The van der Waals surface area contributed by atoms with E-state index in [4.69, 9.17) is 4.74 Å². The highest BCUT2D eigenvalue weighted by molar-refractivity contribution is 14.1. The van der Waals surface area contributed by atoms with Crippen molar-refractivity contribution in [2.45, 2.75) is 30.6 Å². The highest BCUT2D eigenvalue weighted by Crippen LogP contribution is 2.21. The number of ether oxygens (including phenoxy) is 1. The Kier molecular flexibility index (Phi) is 6.46. The molecule has 0 unspecified atom stereocenters. The zero-order chi connectivity index (χ0) is 13.5. The average Bonchev–Trinajstić information content (AvgIpc) is 2.39. The number of rotatable bonds is 6. The Balaban J connectivity index is 2.57. The van der Waals surface area contributed by atoms with Gasteiger partial charge >= 0.3 is 0 Å². The van der Waals surface area contributed by atoms with E-state index in [1.165, 1.54) is 0 Å². The normalized spacial score (nSPS) is 13.8. The van der Waals surface area contributed by atoms with Crippen LogP contribution < -0.4 is 10.1 Å². The Morgan fingerprint density at radius 3 is 2.50 bits per heavy atom. The van der Waals surface area contributed by atoms with Gasteiger partial charge in [-0.05, 0) is 30.7 Å². The Morgan fingerprint density at radius 2 is 2.00 bits per heavy atom. The minimum atomic E-state index is 0.0210. The van der Waals surface area contributed by atoms with Crippen molar-refractivity contribution in [3.63, 3.8) is 0 Å². The first-order chi connectivity index (χ1) is 8.58. The predicted octanol–water partition coefficient (Wildman–Crippen LogP) is 3.87. The monoisotopic (exact) mass is 361 g/mol. The molecule has 1 rings (SSSR count). The smallest absolute Gasteiger partial charge is 0.228 e. The Hall–Kier alpha value is -0.780. The molecule has 4 heteroatoms. The summed E-state index contributed by atoms with van der Waals surface area (Å²) in [6.45, 7) is 4.12. The van der Waals surface area contributed by atoms with Crippen LogP contribution in [0, 0.1) is 5.92 Å². The first-order valence-electron chi connectivity index (χ1n) is 6.17. The van der Waals surface area contributed by atoms with Crippen LogP contribution in [0.15, 0.2) is 24.3 Å². The molecule has 1 aromatic carbocycles. The van der Waals surface area contributed by atoms with E-state index in [0.29, 0.717) is 3.92 Å². The van der Waals surface area contributed by atoms with Crippen LogP contribution in [0.2, 0.25) is 0 Å². The minimum absolute atomic E-state index is 0.0210. The first kappa shape index (κ1) is 15.3. The molecule has 0 saturated carbocycles. The van der Waals surface area contributed by atoms with E-state index in [-0.39, 0.29) is 11.8 Å². The second-order valence-corrected chi connectivity index (χ2v) is 5.91. The third kappa shape index (κ3) is 4.48. The molecular weight excluding hydrogens is 341 g/mol. The summed E-state index contributed by atoms with van der Waals surface area (Å²) in [4.78, 5) is 12.0. The van der Waals surface area contributed by atoms with Gasteiger partial charge in [-0.1, -0.05) is 42.9 Å². The Labute approximate surface area is 122 Å². The summed E-state index contributed by atoms with van der Waals surface area (Å²) in [5.41, 5.74) is 0.813. The van der Waals surface area contributed by atoms with E-state index in [0.717, 1.165) is 24.3 Å². The van der Waals surface area contributed by atoms with Crippen molar-refractivity contribution in [1.29, 1.82) is 0 Å². The standard InChI is InChI=1S/C14H20INO2/c1-4-5-13(15)10(2)14(17)16-11-6-8-12(18-3)9-7-11/h6-10,13H,4-5H2,1-3H3,(H,16,17)/t10-,13-/m1/s1. The average molecular weight is 361 g/mol. The lowest BCUT2D eigenvalue weighted by Gasteiger charge is -2.17. The summed E-state index contributed by atoms with van der Waals surface area (Å²) in [5.74, 6) is 0.888. The van der Waals surface area contributed by atoms with Gasteiger partial charge in [-0.25, -0.2) is 0 Å². The number of anilines is 1. The summed E-state index contributed by atoms with van der Waals surface area (Å²) in [6, 6.07) is 7.39. The van der Waals surface area contributed by atoms with Gasteiger partial charge in [0.25, 0.3) is 0 Å². The van der Waals surface area contributed by atoms with Crippen LogP contribution in [-0.4, -0.2) is 16.9 Å². The van der Waals surface area contributed by atoms with Crippen LogP contribution in [-0.2, 0) is 4.79 Å². The minimum Gasteiger partial charge on any atom is -0.497 e. The molecule has 100 valence electrons. The van der Waals surface area contributed by atoms with Crippen molar-refractivity contribution < 1.29 is 9.53 Å². The van der Waals surface area contributed by atoms with Gasteiger partial charge in [0.05, 0.1) is 7.11 Å². The molecule has 1 amide bonds. The van der Waals surface area contributed by atoms with Gasteiger partial charge in [-0.3, -0.25) is 4.79 Å². The number of methoxy groups -OCH3 is 1. The molecular formula is C14H20INO2. The maximum absolute atomic E-state index is 12.0. The molecule has 0 aliphatic rings. The molecule has 0 saturated heterocycles. The van der Waals surface area contributed by atoms with Gasteiger partial charge in [-0.2, -0.15) is 0 Å². The largest absolute Gasteiger partial charge is 0.497 e. The van der Waals surface area contributed by atoms with Gasteiger partial charge < -0.3 is 10.1 Å². The van der Waals surface area contributed by atoms with Gasteiger partial charge in [-0.15, -0.1) is 0 Å². The van der Waals surface area contributed by atoms with E-state index < -0.39 is 0 Å². The quantitative estimate of drug-likeness (QED) is 0.617. The van der Waals surface area contributed by atoms with Crippen molar-refractivity contribution in [1.82, 2.24) is 0 Å². The highest BCUT2D eigenvalue weighted by Gasteiger charge is 2.20. The third-order valence-electron chi connectivity index (χ3n) is 2.88. The lowest BCUT2D eigenvalue weighted by Crippen LogP contribution is -2.27. The molecule has 0 aliphatic heterocycles. The summed E-state index contributed by atoms with van der Waals surface area (Å²) in [5, 5.41) is 2.93. The fraction of sp³-hybridized carbons (Fsp3) is 0.500. The molecule has 0 aliphatic carbocycles. The summed E-state index contributed by atoms with van der Waals surface area (Å²) < 4.78 is 5.46. The Morgan fingerprint density at radius 1 is 1.39 bits per heavy atom. The van der Waals surface area contributed by atoms with Gasteiger partial charge in [0, 0.05) is 15.5 Å². The third-order valence-corrected chi connectivity index (χ3v) is 4.58. The van der Waals surface area contributed by atoms with Crippen LogP contribution in [0.1, 0.15) is 26.7 Å². The van der Waals surface area contributed by atoms with Crippen molar-refractivity contribution >= 4 is 34.2 Å². The first-order valence-corrected chi connectivity index (χ1v) is 7.42. The fourth-order valence-electron chi connectivity index (χ4n) is 1.62. The molecule has 1 N–H and O–H groups in total. The number of benzene rings is 1. The highest BCUT2D eigenvalue weighted by atomic mass is 127. The topological polar surface area (TPSA) is 38.3 Å². The van der Waals surface area contributed by atoms with Crippen molar-refractivity contribution in [3.8, 4) is 5.75 Å². The van der Waals surface area contributed by atoms with Gasteiger partial charge in [0.1, 0.15) is 5.75 Å². The van der Waals surface area contributed by atoms with Crippen LogP contribution >= 0.6 is 22.6 Å². The number of hydrogen-bond acceptors (Lipinski definition) is 2. The molecule has 3 nitrogen and oxygen atoms in total. The van der Waals surface area contributed by atoms with E-state index in [1.807, 2.05) is 31.2 Å². The number of nitrogens with one attached hydrogen (secondary N) is 1. The molecule has 2 atom stereocenters. The molecule has 0 bridgehead atoms. The zero-order valence-electron chi connectivity index (χ0n) is 11.1. The summed E-state index contributed by atoms with van der Waals surface area (Å²) in [6.07, 6.45) is 2.17. The lowest BCUT2D eigenvalue weighted by molar-refractivity contribution is -0.119. The van der Waals surface area contributed by atoms with E-state index >= 15 is 0 Å². The number of alkyl halides is 1. The fourth-order valence-corrected chi connectivity index (χ4v) is 2.57. The number of halogens is 1. The zero-order valence-corrected chi connectivity index (χ0v) is 13.2. The SMILES string of the molecule is CCC[C@@H](I)[C@@H](C)C(=O)Nc1ccc(OC)cc1. The van der Waals surface area contributed by atoms with Crippen LogP contribution in [0.5, 0.6) is 5.75 Å². The summed E-state index contributed by atoms with van der Waals surface area (Å²) in [7, 11) is 1.63. The van der Waals surface area contributed by atoms with E-state index in [2.05, 4.69) is 34.8 Å². The second kappa shape index (κ2) is 7.61. The van der Waals surface area contributed by atoms with Crippen molar-refractivity contribution in [2.24, 2.45) is 5.92 Å². The molecule has 0 fully saturated rings. The van der Waals surface area contributed by atoms with Gasteiger partial charge in [0.15, 0.2) is 0 Å². The summed E-state index contributed by atoms with van der Waals surface area (Å²) >= 11 is 2.36. The molecule has 0 spiro atoms. The van der Waals surface area contributed by atoms with Crippen LogP contribution in [0.25, 0.3) is 0 Å². The molecule has 0 radical (unpaired) electrons. The van der Waals surface area contributed by atoms with E-state index in [9.17, 15) is 4.79 Å². The number of amides is 1. The molecule has 0 aromatic heterocycles. The number of hydrogen-bond donors (Lipinski definition) is 1. The Bertz CT molecular complexity index is 378. The molecule has 1 aromatic rings. The second-order valence-electron chi connectivity index (χ2n) is 4.31. The maximum atomic E-state index is 12.0. The maximum Gasteiger partial charge on any atom is 0.228 e. The van der Waals surface area contributed by atoms with Crippen molar-refractivity contribution in [3.05, 3.63) is 24.3 Å². The molecule has 18 heavy (non-hydrogen) atoms. The lowest BCUT2D eigenvalue weighted by atomic mass is 10.0. The molecule has 0 heterocycles. The van der Waals surface area contributed by atoms with Crippen LogP contribution in [0.4, 0.5) is 5.69 Å². The van der Waals surface area contributed by atoms with E-state index in [1.54, 1.807) is 7.11 Å². The number of carbonyl (C=O) groups excluding carboxylic acids is 1. The van der Waals surface area contributed by atoms with Crippen molar-refractivity contribution in [2.75, 3.05) is 12.4 Å². The predicted molar refractivity (Wildman–Crippen MR) is 83.5 cm³/mol. The van der Waals surface area contributed by atoms with Crippen LogP contribution in [0.3, 0.4) is 0 Å². The van der Waals surface area contributed by atoms with Gasteiger partial charge in [0.2, 0.25) is 5.91 Å². The number of carbonyl (C=O) groups is 1.